The van der Waals surface area contributed by atoms with Gasteiger partial charge in [-0.3, -0.25) is 4.79 Å². The van der Waals surface area contributed by atoms with Crippen LogP contribution in [0.15, 0.2) is 18.2 Å². The second kappa shape index (κ2) is 8.20. The molecule has 26 heavy (non-hydrogen) atoms. The molecule has 2 aliphatic rings. The van der Waals surface area contributed by atoms with Crippen LogP contribution in [0.1, 0.15) is 41.6 Å². The predicted molar refractivity (Wildman–Crippen MR) is 97.3 cm³/mol. The molecule has 2 aliphatic heterocycles. The maximum absolute atomic E-state index is 12.3. The molecule has 2 heterocycles. The number of para-hydroxylation sites is 1. The number of ketones is 1. The number of hydrogen-bond donors (Lipinski definition) is 3. The van der Waals surface area contributed by atoms with Crippen molar-refractivity contribution in [2.75, 3.05) is 19.6 Å². The van der Waals surface area contributed by atoms with Gasteiger partial charge in [0.1, 0.15) is 11.5 Å². The summed E-state index contributed by atoms with van der Waals surface area (Å²) >= 11 is 0. The molecule has 0 aromatic heterocycles. The number of fused-ring (bicyclic) bond motifs is 1. The highest BCUT2D eigenvalue weighted by Crippen LogP contribution is 2.36. The van der Waals surface area contributed by atoms with Crippen LogP contribution in [0.2, 0.25) is 5.82 Å². The van der Waals surface area contributed by atoms with Gasteiger partial charge in [0.05, 0.1) is 5.56 Å². The zero-order valence-electron chi connectivity index (χ0n) is 14.8. The van der Waals surface area contributed by atoms with Gasteiger partial charge >= 0.3 is 13.1 Å². The second-order valence-electron chi connectivity index (χ2n) is 7.24. The smallest absolute Gasteiger partial charge is 0.526 e. The Balaban J connectivity index is 1.54. The van der Waals surface area contributed by atoms with Crippen LogP contribution in [-0.4, -0.2) is 59.6 Å². The van der Waals surface area contributed by atoms with Crippen LogP contribution in [0.25, 0.3) is 0 Å². The number of carbonyl (C=O) groups is 2. The number of carboxylic acid groups (broad SMARTS) is 1. The van der Waals surface area contributed by atoms with Crippen LogP contribution in [0.4, 0.5) is 0 Å². The Morgan fingerprint density at radius 3 is 2.73 bits per heavy atom. The summed E-state index contributed by atoms with van der Waals surface area (Å²) in [6, 6.07) is 5.15. The number of likely N-dealkylation sites (tertiary alicyclic amines) is 1. The number of aromatic carboxylic acids is 1. The van der Waals surface area contributed by atoms with Crippen LogP contribution in [0.5, 0.6) is 5.75 Å². The lowest BCUT2D eigenvalue weighted by molar-refractivity contribution is -0.119. The number of piperidine rings is 1. The molecule has 0 unspecified atom stereocenters. The Morgan fingerprint density at radius 2 is 2.04 bits per heavy atom. The third-order valence-corrected chi connectivity index (χ3v) is 5.28. The molecular formula is C18H25BN2O5. The summed E-state index contributed by atoms with van der Waals surface area (Å²) < 4.78 is 5.44. The van der Waals surface area contributed by atoms with Gasteiger partial charge in [0.2, 0.25) is 0 Å². The topological polar surface area (TPSA) is 113 Å². The number of Topliss-reactive ketones (excluding diaryl/α,β-unsaturated/α-hetero) is 1. The summed E-state index contributed by atoms with van der Waals surface area (Å²) in [6.07, 6.45) is 3.03. The third kappa shape index (κ3) is 4.44. The van der Waals surface area contributed by atoms with Crippen molar-refractivity contribution in [2.45, 2.75) is 44.0 Å². The first-order valence-corrected chi connectivity index (χ1v) is 9.13. The van der Waals surface area contributed by atoms with Crippen LogP contribution in [-0.2, 0) is 11.2 Å². The van der Waals surface area contributed by atoms with Crippen LogP contribution >= 0.6 is 0 Å². The quantitative estimate of drug-likeness (QED) is 0.647. The van der Waals surface area contributed by atoms with E-state index in [0.29, 0.717) is 12.8 Å². The first-order chi connectivity index (χ1) is 12.4. The van der Waals surface area contributed by atoms with Gasteiger partial charge in [-0.05, 0) is 44.0 Å². The molecule has 0 aliphatic carbocycles. The molecule has 8 heteroatoms. The first kappa shape index (κ1) is 18.9. The van der Waals surface area contributed by atoms with Crippen molar-refractivity contribution in [2.24, 2.45) is 5.73 Å². The van der Waals surface area contributed by atoms with Gasteiger partial charge in [-0.25, -0.2) is 4.79 Å². The Hall–Kier alpha value is -1.90. The Bertz CT molecular complexity index is 676. The van der Waals surface area contributed by atoms with Crippen LogP contribution in [0.3, 0.4) is 0 Å². The molecule has 0 radical (unpaired) electrons. The minimum atomic E-state index is -1.17. The number of carbonyl (C=O) groups excluding carboxylic acids is 1. The lowest BCUT2D eigenvalue weighted by Crippen LogP contribution is -2.40. The summed E-state index contributed by atoms with van der Waals surface area (Å²) in [6.45, 7) is 2.57. The maximum atomic E-state index is 12.3. The second-order valence-corrected chi connectivity index (χ2v) is 7.24. The molecular weight excluding hydrogens is 335 g/mol. The van der Waals surface area contributed by atoms with Crippen molar-refractivity contribution < 1.29 is 24.4 Å². The molecule has 1 aromatic rings. The lowest BCUT2D eigenvalue weighted by Gasteiger charge is -2.30. The highest BCUT2D eigenvalue weighted by Gasteiger charge is 2.37. The Labute approximate surface area is 153 Å². The molecule has 1 aromatic carbocycles. The van der Waals surface area contributed by atoms with Gasteiger partial charge in [0.25, 0.3) is 0 Å². The highest BCUT2D eigenvalue weighted by molar-refractivity contribution is 6.47. The minimum absolute atomic E-state index is 0.0367. The number of nitrogens with zero attached hydrogens (tertiary/aromatic N) is 1. The molecule has 1 fully saturated rings. The monoisotopic (exact) mass is 360 g/mol. The normalized spacial score (nSPS) is 21.2. The van der Waals surface area contributed by atoms with E-state index < -0.39 is 13.1 Å². The predicted octanol–water partition coefficient (Wildman–Crippen LogP) is 0.943. The van der Waals surface area contributed by atoms with Crippen LogP contribution < -0.4 is 10.4 Å². The van der Waals surface area contributed by atoms with Crippen molar-refractivity contribution in [3.63, 3.8) is 0 Å². The third-order valence-electron chi connectivity index (χ3n) is 5.28. The molecule has 1 atom stereocenters. The number of hydrogen-bond acceptors (Lipinski definition) is 6. The number of rotatable bonds is 6. The standard InChI is InChI=1S/C18H25BN2O5/c20-14-4-7-21(8-5-14)9-6-15(22)11-13-10-12-2-1-3-16(18(23)24)17(12)26-19(13)25/h1-3,13-14,25H,4-11,20H2,(H,23,24)/t13-/m1/s1. The van der Waals surface area contributed by atoms with Gasteiger partial charge in [-0.2, -0.15) is 0 Å². The largest absolute Gasteiger partial charge is 0.535 e. The summed E-state index contributed by atoms with van der Waals surface area (Å²) in [7, 11) is -1.17. The Kier molecular flexibility index (Phi) is 5.96. The lowest BCUT2D eigenvalue weighted by atomic mass is 9.64. The fourth-order valence-corrected chi connectivity index (χ4v) is 3.68. The Morgan fingerprint density at radius 1 is 1.31 bits per heavy atom. The molecule has 0 spiro atoms. The SMILES string of the molecule is NC1CCN(CCC(=O)C[C@H]2Cc3cccc(C(=O)O)c3OB2O)CC1. The summed E-state index contributed by atoms with van der Waals surface area (Å²) in [5, 5.41) is 19.4. The highest BCUT2D eigenvalue weighted by atomic mass is 16.5. The number of nitrogens with two attached hydrogens (primary N) is 1. The van der Waals surface area contributed by atoms with E-state index in [9.17, 15) is 19.7 Å². The van der Waals surface area contributed by atoms with Crippen molar-refractivity contribution in [1.82, 2.24) is 4.90 Å². The fourth-order valence-electron chi connectivity index (χ4n) is 3.68. The van der Waals surface area contributed by atoms with Gasteiger partial charge in [-0.15, -0.1) is 0 Å². The zero-order valence-corrected chi connectivity index (χ0v) is 14.8. The van der Waals surface area contributed by atoms with E-state index in [2.05, 4.69) is 4.90 Å². The maximum Gasteiger partial charge on any atom is 0.526 e. The van der Waals surface area contributed by atoms with Crippen molar-refractivity contribution in [3.8, 4) is 5.75 Å². The molecule has 3 rings (SSSR count). The van der Waals surface area contributed by atoms with Gasteiger partial charge in [0.15, 0.2) is 0 Å². The van der Waals surface area contributed by atoms with Gasteiger partial charge in [0, 0.05) is 31.2 Å². The summed E-state index contributed by atoms with van der Waals surface area (Å²) in [5.41, 5.74) is 6.65. The number of benzene rings is 1. The zero-order chi connectivity index (χ0) is 18.7. The molecule has 140 valence electrons. The van der Waals surface area contributed by atoms with Crippen molar-refractivity contribution >= 4 is 18.9 Å². The van der Waals surface area contributed by atoms with E-state index >= 15 is 0 Å². The van der Waals surface area contributed by atoms with E-state index in [4.69, 9.17) is 10.4 Å². The van der Waals surface area contributed by atoms with Crippen molar-refractivity contribution in [3.05, 3.63) is 29.3 Å². The molecule has 0 amide bonds. The van der Waals surface area contributed by atoms with Gasteiger partial charge in [-0.1, -0.05) is 12.1 Å². The van der Waals surface area contributed by atoms with E-state index in [1.807, 2.05) is 0 Å². The average molecular weight is 360 g/mol. The number of carboxylic acids is 1. The fraction of sp³-hybridized carbons (Fsp3) is 0.556. The molecule has 0 bridgehead atoms. The minimum Gasteiger partial charge on any atom is -0.535 e. The molecule has 4 N–H and O–H groups in total. The van der Waals surface area contributed by atoms with Crippen LogP contribution in [0, 0.1) is 0 Å². The van der Waals surface area contributed by atoms with E-state index in [0.717, 1.165) is 38.0 Å². The molecule has 1 saturated heterocycles. The summed E-state index contributed by atoms with van der Waals surface area (Å²) in [4.78, 5) is 25.9. The molecule has 7 nitrogen and oxygen atoms in total. The summed E-state index contributed by atoms with van der Waals surface area (Å²) in [5.74, 6) is -1.15. The van der Waals surface area contributed by atoms with E-state index in [1.165, 1.54) is 6.07 Å². The first-order valence-electron chi connectivity index (χ1n) is 9.13. The van der Waals surface area contributed by atoms with Crippen molar-refractivity contribution in [1.29, 1.82) is 0 Å². The van der Waals surface area contributed by atoms with Gasteiger partial charge < -0.3 is 25.4 Å². The van der Waals surface area contributed by atoms with E-state index in [1.54, 1.807) is 12.1 Å². The molecule has 0 saturated carbocycles. The average Bonchev–Trinajstić information content (AvgIpc) is 2.61. The van der Waals surface area contributed by atoms with E-state index in [-0.39, 0.29) is 35.4 Å².